The van der Waals surface area contributed by atoms with Crippen molar-refractivity contribution >= 4 is 50.2 Å². The molecule has 1 aromatic heterocycles. The van der Waals surface area contributed by atoms with E-state index in [0.29, 0.717) is 34.6 Å². The summed E-state index contributed by atoms with van der Waals surface area (Å²) in [6.07, 6.45) is 1.59. The van der Waals surface area contributed by atoms with E-state index in [9.17, 15) is 18.0 Å². The van der Waals surface area contributed by atoms with Gasteiger partial charge in [0.05, 0.1) is 15.5 Å². The molecule has 7 nitrogen and oxygen atoms in total. The number of rotatable bonds is 5. The molecule has 2 heterocycles. The zero-order valence-corrected chi connectivity index (χ0v) is 19.4. The molecule has 3 aromatic rings. The van der Waals surface area contributed by atoms with Gasteiger partial charge in [0, 0.05) is 35.1 Å². The van der Waals surface area contributed by atoms with E-state index in [2.05, 4.69) is 0 Å². The van der Waals surface area contributed by atoms with Gasteiger partial charge in [-0.1, -0.05) is 23.2 Å². The second kappa shape index (κ2) is 8.86. The van der Waals surface area contributed by atoms with Gasteiger partial charge >= 0.3 is 11.6 Å². The highest BCUT2D eigenvalue weighted by Crippen LogP contribution is 2.28. The van der Waals surface area contributed by atoms with Crippen molar-refractivity contribution in [3.8, 4) is 0 Å². The number of aryl methyl sites for hydroxylation is 1. The van der Waals surface area contributed by atoms with Gasteiger partial charge < -0.3 is 9.15 Å². The van der Waals surface area contributed by atoms with Gasteiger partial charge in [-0.3, -0.25) is 0 Å². The summed E-state index contributed by atoms with van der Waals surface area (Å²) in [5, 5.41) is 1.07. The molecule has 2 aromatic carbocycles. The number of hydrogen-bond acceptors (Lipinski definition) is 6. The van der Waals surface area contributed by atoms with E-state index < -0.39 is 21.6 Å². The molecule has 0 spiro atoms. The Morgan fingerprint density at radius 2 is 1.81 bits per heavy atom. The summed E-state index contributed by atoms with van der Waals surface area (Å²) >= 11 is 12.3. The molecule has 0 amide bonds. The number of carbonyl (C=O) groups is 1. The minimum atomic E-state index is -3.72. The highest BCUT2D eigenvalue weighted by Gasteiger charge is 2.28. The maximum Gasteiger partial charge on any atom is 0.340 e. The zero-order chi connectivity index (χ0) is 23.0. The van der Waals surface area contributed by atoms with Crippen LogP contribution in [0.1, 0.15) is 34.3 Å². The van der Waals surface area contributed by atoms with Gasteiger partial charge in [-0.2, -0.15) is 4.31 Å². The maximum absolute atomic E-state index is 12.8. The third kappa shape index (κ3) is 4.41. The Balaban J connectivity index is 1.61. The van der Waals surface area contributed by atoms with Crippen LogP contribution in [0.3, 0.4) is 0 Å². The van der Waals surface area contributed by atoms with Crippen LogP contribution in [-0.2, 0) is 21.4 Å². The first-order valence-corrected chi connectivity index (χ1v) is 12.1. The average molecular weight is 496 g/mol. The summed E-state index contributed by atoms with van der Waals surface area (Å²) in [6, 6.07) is 8.43. The highest BCUT2D eigenvalue weighted by atomic mass is 35.5. The number of hydrogen-bond donors (Lipinski definition) is 0. The van der Waals surface area contributed by atoms with Crippen molar-refractivity contribution in [3.63, 3.8) is 0 Å². The largest absolute Gasteiger partial charge is 0.457 e. The molecule has 0 N–H and O–H groups in total. The fourth-order valence-corrected chi connectivity index (χ4v) is 5.49. The number of esters is 1. The Bertz CT molecular complexity index is 1380. The lowest BCUT2D eigenvalue weighted by Crippen LogP contribution is -2.28. The van der Waals surface area contributed by atoms with E-state index >= 15 is 0 Å². The van der Waals surface area contributed by atoms with Gasteiger partial charge in [-0.25, -0.2) is 18.0 Å². The molecule has 1 fully saturated rings. The molecule has 10 heteroatoms. The van der Waals surface area contributed by atoms with Gasteiger partial charge in [-0.15, -0.1) is 0 Å². The fraction of sp³-hybridized carbons (Fsp3) is 0.273. The molecule has 1 aliphatic heterocycles. The molecular weight excluding hydrogens is 477 g/mol. The first-order chi connectivity index (χ1) is 15.2. The van der Waals surface area contributed by atoms with Crippen molar-refractivity contribution in [3.05, 3.63) is 73.6 Å². The number of benzene rings is 2. The molecule has 1 saturated heterocycles. The fourth-order valence-electron chi connectivity index (χ4n) is 3.59. The van der Waals surface area contributed by atoms with E-state index in [1.54, 1.807) is 19.1 Å². The maximum atomic E-state index is 12.8. The Kier molecular flexibility index (Phi) is 6.31. The summed E-state index contributed by atoms with van der Waals surface area (Å²) in [5.74, 6) is -0.812. The smallest absolute Gasteiger partial charge is 0.340 e. The topological polar surface area (TPSA) is 93.9 Å². The van der Waals surface area contributed by atoms with Gasteiger partial charge in [0.2, 0.25) is 10.0 Å². The predicted molar refractivity (Wildman–Crippen MR) is 121 cm³/mol. The van der Waals surface area contributed by atoms with Crippen LogP contribution in [0.15, 0.2) is 50.5 Å². The Morgan fingerprint density at radius 1 is 1.09 bits per heavy atom. The predicted octanol–water partition coefficient (Wildman–Crippen LogP) is 4.55. The quantitative estimate of drug-likeness (QED) is 0.380. The van der Waals surface area contributed by atoms with Crippen LogP contribution in [0.2, 0.25) is 10.0 Å². The first kappa shape index (κ1) is 22.8. The van der Waals surface area contributed by atoms with Crippen molar-refractivity contribution in [1.29, 1.82) is 0 Å². The summed E-state index contributed by atoms with van der Waals surface area (Å²) in [7, 11) is -3.72. The monoisotopic (exact) mass is 495 g/mol. The van der Waals surface area contributed by atoms with Crippen molar-refractivity contribution in [2.24, 2.45) is 0 Å². The number of halogens is 2. The normalized spacial score (nSPS) is 14.7. The molecule has 0 bridgehead atoms. The van der Waals surface area contributed by atoms with Crippen LogP contribution in [0.5, 0.6) is 0 Å². The van der Waals surface area contributed by atoms with Gasteiger partial charge in [0.25, 0.3) is 0 Å². The van der Waals surface area contributed by atoms with E-state index in [-0.39, 0.29) is 22.1 Å². The van der Waals surface area contributed by atoms with Crippen LogP contribution in [0.25, 0.3) is 11.0 Å². The van der Waals surface area contributed by atoms with Crippen LogP contribution in [0.4, 0.5) is 0 Å². The van der Waals surface area contributed by atoms with E-state index in [4.69, 9.17) is 32.4 Å². The highest BCUT2D eigenvalue weighted by molar-refractivity contribution is 7.89. The summed E-state index contributed by atoms with van der Waals surface area (Å²) in [5.41, 5.74) is 0.792. The van der Waals surface area contributed by atoms with E-state index in [1.807, 2.05) is 0 Å². The zero-order valence-electron chi connectivity index (χ0n) is 17.1. The third-order valence-corrected chi connectivity index (χ3v) is 7.96. The van der Waals surface area contributed by atoms with Crippen molar-refractivity contribution in [2.45, 2.75) is 31.3 Å². The molecule has 0 unspecified atom stereocenters. The lowest BCUT2D eigenvalue weighted by molar-refractivity contribution is 0.0473. The SMILES string of the molecule is Cc1cc2oc(=O)cc(COC(=O)c3cc(S(=O)(=O)N4CCCC4)ccc3Cl)c2cc1Cl. The second-order valence-electron chi connectivity index (χ2n) is 7.52. The van der Waals surface area contributed by atoms with Crippen LogP contribution >= 0.6 is 23.2 Å². The van der Waals surface area contributed by atoms with E-state index in [1.165, 1.54) is 28.6 Å². The molecule has 0 radical (unpaired) electrons. The lowest BCUT2D eigenvalue weighted by Gasteiger charge is -2.16. The standard InChI is InChI=1S/C22H19Cl2NO6S/c1-13-8-20-16(11-19(13)24)14(9-21(26)31-20)12-30-22(27)17-10-15(4-5-18(17)23)32(28,29)25-6-2-3-7-25/h4-5,8-11H,2-3,6-7,12H2,1H3. The van der Waals surface area contributed by atoms with E-state index in [0.717, 1.165) is 18.4 Å². The minimum absolute atomic E-state index is 0.0242. The average Bonchev–Trinajstić information content (AvgIpc) is 3.29. The summed E-state index contributed by atoms with van der Waals surface area (Å²) < 4.78 is 37.6. The Labute approximate surface area is 194 Å². The Morgan fingerprint density at radius 3 is 2.53 bits per heavy atom. The minimum Gasteiger partial charge on any atom is -0.457 e. The first-order valence-electron chi connectivity index (χ1n) is 9.86. The van der Waals surface area contributed by atoms with Crippen molar-refractivity contribution in [1.82, 2.24) is 4.31 Å². The summed E-state index contributed by atoms with van der Waals surface area (Å²) in [6.45, 7) is 2.41. The van der Waals surface area contributed by atoms with Crippen LogP contribution in [-0.4, -0.2) is 31.8 Å². The van der Waals surface area contributed by atoms with Crippen LogP contribution in [0, 0.1) is 6.92 Å². The molecule has 32 heavy (non-hydrogen) atoms. The number of fused-ring (bicyclic) bond motifs is 1. The molecule has 0 saturated carbocycles. The number of ether oxygens (including phenoxy) is 1. The molecule has 0 aliphatic carbocycles. The van der Waals surface area contributed by atoms with Gasteiger partial charge in [0.15, 0.2) is 0 Å². The molecule has 168 valence electrons. The van der Waals surface area contributed by atoms with Crippen LogP contribution < -0.4 is 5.63 Å². The molecule has 0 atom stereocenters. The second-order valence-corrected chi connectivity index (χ2v) is 10.3. The lowest BCUT2D eigenvalue weighted by atomic mass is 10.1. The Hall–Kier alpha value is -2.39. The molecular formula is C22H19Cl2NO6S. The van der Waals surface area contributed by atoms with Gasteiger partial charge in [0.1, 0.15) is 12.2 Å². The number of nitrogens with zero attached hydrogens (tertiary/aromatic N) is 1. The number of sulfonamides is 1. The third-order valence-electron chi connectivity index (χ3n) is 5.33. The molecule has 4 rings (SSSR count). The van der Waals surface area contributed by atoms with Gasteiger partial charge in [-0.05, 0) is 55.7 Å². The number of carbonyl (C=O) groups excluding carboxylic acids is 1. The molecule has 1 aliphatic rings. The van der Waals surface area contributed by atoms with Crippen molar-refractivity contribution in [2.75, 3.05) is 13.1 Å². The summed E-state index contributed by atoms with van der Waals surface area (Å²) in [4.78, 5) is 24.6. The van der Waals surface area contributed by atoms with Crippen molar-refractivity contribution < 1.29 is 22.4 Å².